The molecule has 1 unspecified atom stereocenters. The highest BCUT2D eigenvalue weighted by Crippen LogP contribution is 2.21. The van der Waals surface area contributed by atoms with Crippen LogP contribution in [-0.2, 0) is 4.79 Å². The van der Waals surface area contributed by atoms with E-state index in [1.807, 2.05) is 0 Å². The van der Waals surface area contributed by atoms with Crippen LogP contribution in [0.4, 0.5) is 0 Å². The van der Waals surface area contributed by atoms with E-state index in [2.05, 4.69) is 0 Å². The van der Waals surface area contributed by atoms with Gasteiger partial charge in [-0.05, 0) is 25.2 Å². The van der Waals surface area contributed by atoms with Gasteiger partial charge >= 0.3 is 5.97 Å². The van der Waals surface area contributed by atoms with Gasteiger partial charge in [-0.15, -0.1) is 0 Å². The normalized spacial score (nSPS) is 12.4. The van der Waals surface area contributed by atoms with Gasteiger partial charge in [0, 0.05) is 19.6 Å². The average Bonchev–Trinajstić information content (AvgIpc) is 2.56. The van der Waals surface area contributed by atoms with E-state index < -0.39 is 5.97 Å². The minimum absolute atomic E-state index is 0.302. The van der Waals surface area contributed by atoms with Crippen molar-refractivity contribution in [2.75, 3.05) is 13.2 Å². The highest BCUT2D eigenvalue weighted by molar-refractivity contribution is 5.66. The van der Waals surface area contributed by atoms with E-state index in [1.165, 1.54) is 57.8 Å². The second-order valence-corrected chi connectivity index (χ2v) is 7.07. The van der Waals surface area contributed by atoms with Crippen molar-refractivity contribution in [1.29, 1.82) is 0 Å². The van der Waals surface area contributed by atoms with Crippen LogP contribution in [0.2, 0.25) is 0 Å². The predicted molar refractivity (Wildman–Crippen MR) is 99.2 cm³/mol. The van der Waals surface area contributed by atoms with E-state index in [1.54, 1.807) is 0 Å². The second-order valence-electron chi connectivity index (χ2n) is 7.07. The van der Waals surface area contributed by atoms with E-state index >= 15 is 0 Å². The largest absolute Gasteiger partial charge is 0.481 e. The number of carboxylic acids is 1. The van der Waals surface area contributed by atoms with Crippen molar-refractivity contribution < 1.29 is 20.1 Å². The van der Waals surface area contributed by atoms with Gasteiger partial charge in [0.25, 0.3) is 0 Å². The summed E-state index contributed by atoms with van der Waals surface area (Å²) in [5.74, 6) is -0.0188. The maximum atomic E-state index is 10.4. The number of hydrogen-bond acceptors (Lipinski definition) is 3. The zero-order valence-electron chi connectivity index (χ0n) is 15.6. The lowest BCUT2D eigenvalue weighted by Crippen LogP contribution is -2.03. The molecular formula is C20H40O4. The fourth-order valence-corrected chi connectivity index (χ4v) is 3.28. The lowest BCUT2D eigenvalue weighted by atomic mass is 9.92. The Labute approximate surface area is 148 Å². The zero-order chi connectivity index (χ0) is 17.9. The van der Waals surface area contributed by atoms with E-state index in [0.29, 0.717) is 25.6 Å². The molecule has 0 saturated carbocycles. The van der Waals surface area contributed by atoms with E-state index in [0.717, 1.165) is 38.5 Å². The van der Waals surface area contributed by atoms with Gasteiger partial charge in [0.15, 0.2) is 0 Å². The minimum atomic E-state index is -0.685. The third-order valence-corrected chi connectivity index (χ3v) is 4.81. The van der Waals surface area contributed by atoms with E-state index in [4.69, 9.17) is 10.2 Å². The highest BCUT2D eigenvalue weighted by Gasteiger charge is 2.08. The molecule has 0 radical (unpaired) electrons. The molecule has 1 atom stereocenters. The standard InChI is InChI=1S/C20H40O4/c21-17-12-8-4-3-6-10-14-19(16-18-22)13-9-5-1-2-7-11-15-20(23)24/h19,21-22H,1-18H2,(H,23,24). The molecule has 0 aromatic heterocycles. The van der Waals surface area contributed by atoms with Crippen LogP contribution in [0.15, 0.2) is 0 Å². The first kappa shape index (κ1) is 23.4. The number of rotatable bonds is 19. The van der Waals surface area contributed by atoms with Crippen molar-refractivity contribution in [2.45, 2.75) is 103 Å². The number of carbonyl (C=O) groups is 1. The molecule has 144 valence electrons. The zero-order valence-corrected chi connectivity index (χ0v) is 15.6. The molecule has 0 aliphatic carbocycles. The first-order valence-corrected chi connectivity index (χ1v) is 10.1. The number of aliphatic hydroxyl groups is 2. The number of aliphatic carboxylic acids is 1. The Morgan fingerprint density at radius 2 is 1.04 bits per heavy atom. The maximum absolute atomic E-state index is 10.4. The van der Waals surface area contributed by atoms with Gasteiger partial charge in [-0.3, -0.25) is 4.79 Å². The van der Waals surface area contributed by atoms with E-state index in [-0.39, 0.29) is 0 Å². The molecule has 3 N–H and O–H groups in total. The third kappa shape index (κ3) is 17.7. The molecule has 0 aliphatic heterocycles. The molecule has 0 saturated heterocycles. The van der Waals surface area contributed by atoms with Crippen LogP contribution in [-0.4, -0.2) is 34.5 Å². The van der Waals surface area contributed by atoms with E-state index in [9.17, 15) is 9.90 Å². The minimum Gasteiger partial charge on any atom is -0.481 e. The van der Waals surface area contributed by atoms with Crippen molar-refractivity contribution >= 4 is 5.97 Å². The Morgan fingerprint density at radius 1 is 0.583 bits per heavy atom. The van der Waals surface area contributed by atoms with Crippen LogP contribution in [0.25, 0.3) is 0 Å². The first-order valence-electron chi connectivity index (χ1n) is 10.1. The van der Waals surface area contributed by atoms with Gasteiger partial charge < -0.3 is 15.3 Å². The van der Waals surface area contributed by atoms with Gasteiger partial charge in [0.05, 0.1) is 0 Å². The molecule has 24 heavy (non-hydrogen) atoms. The molecule has 4 heteroatoms. The Bertz CT molecular complexity index is 268. The fourth-order valence-electron chi connectivity index (χ4n) is 3.28. The molecular weight excluding hydrogens is 304 g/mol. The lowest BCUT2D eigenvalue weighted by Gasteiger charge is -2.15. The summed E-state index contributed by atoms with van der Waals surface area (Å²) in [4.78, 5) is 10.4. The molecule has 0 rings (SSSR count). The van der Waals surface area contributed by atoms with Gasteiger partial charge in [0.1, 0.15) is 0 Å². The van der Waals surface area contributed by atoms with Crippen LogP contribution in [0.5, 0.6) is 0 Å². The van der Waals surface area contributed by atoms with Gasteiger partial charge in [-0.2, -0.15) is 0 Å². The molecule has 0 aromatic rings. The van der Waals surface area contributed by atoms with Crippen molar-refractivity contribution in [3.05, 3.63) is 0 Å². The Hall–Kier alpha value is -0.610. The van der Waals surface area contributed by atoms with Crippen LogP contribution < -0.4 is 0 Å². The summed E-state index contributed by atoms with van der Waals surface area (Å²) in [5, 5.41) is 26.5. The summed E-state index contributed by atoms with van der Waals surface area (Å²) in [6.45, 7) is 0.620. The number of unbranched alkanes of at least 4 members (excludes halogenated alkanes) is 10. The van der Waals surface area contributed by atoms with Gasteiger partial charge in [-0.1, -0.05) is 77.0 Å². The summed E-state index contributed by atoms with van der Waals surface area (Å²) in [6, 6.07) is 0. The molecule has 0 spiro atoms. The molecule has 0 fully saturated rings. The lowest BCUT2D eigenvalue weighted by molar-refractivity contribution is -0.137. The number of carboxylic acid groups (broad SMARTS) is 1. The average molecular weight is 345 g/mol. The maximum Gasteiger partial charge on any atom is 0.303 e. The summed E-state index contributed by atoms with van der Waals surface area (Å²) in [5.41, 5.74) is 0. The highest BCUT2D eigenvalue weighted by atomic mass is 16.4. The third-order valence-electron chi connectivity index (χ3n) is 4.81. The first-order chi connectivity index (χ1) is 11.7. The smallest absolute Gasteiger partial charge is 0.303 e. The molecule has 0 heterocycles. The molecule has 0 amide bonds. The fraction of sp³-hybridized carbons (Fsp3) is 0.950. The second kappa shape index (κ2) is 18.7. The van der Waals surface area contributed by atoms with Gasteiger partial charge in [0.2, 0.25) is 0 Å². The van der Waals surface area contributed by atoms with Crippen molar-refractivity contribution in [2.24, 2.45) is 5.92 Å². The summed E-state index contributed by atoms with van der Waals surface area (Å²) < 4.78 is 0. The van der Waals surface area contributed by atoms with Crippen LogP contribution in [0.3, 0.4) is 0 Å². The van der Waals surface area contributed by atoms with Crippen LogP contribution in [0.1, 0.15) is 103 Å². The number of aliphatic hydroxyl groups excluding tert-OH is 2. The molecule has 4 nitrogen and oxygen atoms in total. The summed E-state index contributed by atoms with van der Waals surface area (Å²) in [6.07, 6.45) is 17.5. The summed E-state index contributed by atoms with van der Waals surface area (Å²) >= 11 is 0. The van der Waals surface area contributed by atoms with Gasteiger partial charge in [-0.25, -0.2) is 0 Å². The predicted octanol–water partition coefficient (Wildman–Crippen LogP) is 4.91. The summed E-state index contributed by atoms with van der Waals surface area (Å²) in [7, 11) is 0. The molecule has 0 aliphatic rings. The van der Waals surface area contributed by atoms with Crippen LogP contribution >= 0.6 is 0 Å². The molecule has 0 aromatic carbocycles. The Balaban J connectivity index is 3.47. The van der Waals surface area contributed by atoms with Crippen molar-refractivity contribution in [1.82, 2.24) is 0 Å². The topological polar surface area (TPSA) is 77.8 Å². The van der Waals surface area contributed by atoms with Crippen molar-refractivity contribution in [3.63, 3.8) is 0 Å². The monoisotopic (exact) mass is 344 g/mol. The Kier molecular flexibility index (Phi) is 18.2. The van der Waals surface area contributed by atoms with Crippen molar-refractivity contribution in [3.8, 4) is 0 Å². The quantitative estimate of drug-likeness (QED) is 0.291. The SMILES string of the molecule is O=C(O)CCCCCCCCC(CCO)CCCCCCCCO. The molecule has 0 bridgehead atoms. The number of hydrogen-bond donors (Lipinski definition) is 3. The Morgan fingerprint density at radius 3 is 1.50 bits per heavy atom. The van der Waals surface area contributed by atoms with Crippen LogP contribution in [0, 0.1) is 5.92 Å².